The number of halogens is 1. The average Bonchev–Trinajstić information content (AvgIpc) is 2.51. The number of hydrogen-bond acceptors (Lipinski definition) is 4. The van der Waals surface area contributed by atoms with Crippen LogP contribution >= 0.6 is 23.4 Å². The zero-order valence-corrected chi connectivity index (χ0v) is 13.5. The van der Waals surface area contributed by atoms with Gasteiger partial charge in [0.25, 0.3) is 0 Å². The molecule has 0 saturated carbocycles. The summed E-state index contributed by atoms with van der Waals surface area (Å²) in [6, 6.07) is 11.3. The standard InChI is InChI=1S/C16H14ClNO4S/c17-13-4-2-1-3-10(13)8-23-9-15(20)18-11-5-6-14(19)12(7-11)16(21)22/h1-7,19H,8-9H2,(H,18,20)(H,21,22). The molecule has 120 valence electrons. The van der Waals surface area contributed by atoms with Gasteiger partial charge in [-0.05, 0) is 29.8 Å². The number of carboxylic acids is 1. The second-order valence-corrected chi connectivity index (χ2v) is 6.06. The number of thioether (sulfide) groups is 1. The molecule has 2 rings (SSSR count). The van der Waals surface area contributed by atoms with E-state index < -0.39 is 5.97 Å². The third kappa shape index (κ3) is 4.91. The predicted molar refractivity (Wildman–Crippen MR) is 91.3 cm³/mol. The van der Waals surface area contributed by atoms with E-state index in [1.807, 2.05) is 18.2 Å². The van der Waals surface area contributed by atoms with Crippen LogP contribution in [-0.2, 0) is 10.5 Å². The van der Waals surface area contributed by atoms with Gasteiger partial charge in [0.2, 0.25) is 5.91 Å². The number of carbonyl (C=O) groups excluding carboxylic acids is 1. The highest BCUT2D eigenvalue weighted by Gasteiger charge is 2.11. The maximum atomic E-state index is 11.9. The molecule has 0 aliphatic carbocycles. The molecule has 0 saturated heterocycles. The second kappa shape index (κ2) is 7.89. The van der Waals surface area contributed by atoms with Crippen molar-refractivity contribution < 1.29 is 19.8 Å². The van der Waals surface area contributed by atoms with Crippen molar-refractivity contribution in [3.63, 3.8) is 0 Å². The molecule has 3 N–H and O–H groups in total. The molecule has 1 amide bonds. The fourth-order valence-corrected chi connectivity index (χ4v) is 2.96. The van der Waals surface area contributed by atoms with E-state index in [4.69, 9.17) is 16.7 Å². The molecular formula is C16H14ClNO4S. The topological polar surface area (TPSA) is 86.6 Å². The Bertz CT molecular complexity index is 736. The third-order valence-corrected chi connectivity index (χ3v) is 4.31. The summed E-state index contributed by atoms with van der Waals surface area (Å²) in [6.45, 7) is 0. The van der Waals surface area contributed by atoms with Gasteiger partial charge in [-0.25, -0.2) is 4.79 Å². The van der Waals surface area contributed by atoms with Crippen LogP contribution in [0.15, 0.2) is 42.5 Å². The van der Waals surface area contributed by atoms with Gasteiger partial charge in [0.05, 0.1) is 5.75 Å². The van der Waals surface area contributed by atoms with Crippen molar-refractivity contribution >= 4 is 40.9 Å². The van der Waals surface area contributed by atoms with Gasteiger partial charge in [-0.1, -0.05) is 29.8 Å². The summed E-state index contributed by atoms with van der Waals surface area (Å²) in [5, 5.41) is 21.6. The summed E-state index contributed by atoms with van der Waals surface area (Å²) in [4.78, 5) is 22.8. The number of rotatable bonds is 6. The molecule has 0 aromatic heterocycles. The molecule has 2 aromatic carbocycles. The van der Waals surface area contributed by atoms with Gasteiger partial charge in [-0.3, -0.25) is 4.79 Å². The van der Waals surface area contributed by atoms with Crippen LogP contribution in [0.1, 0.15) is 15.9 Å². The molecule has 5 nitrogen and oxygen atoms in total. The Morgan fingerprint density at radius 1 is 1.17 bits per heavy atom. The van der Waals surface area contributed by atoms with Crippen LogP contribution in [0.25, 0.3) is 0 Å². The van der Waals surface area contributed by atoms with Crippen molar-refractivity contribution in [1.82, 2.24) is 0 Å². The van der Waals surface area contributed by atoms with Gasteiger partial charge in [0, 0.05) is 16.5 Å². The van der Waals surface area contributed by atoms with E-state index in [-0.39, 0.29) is 23.0 Å². The lowest BCUT2D eigenvalue weighted by atomic mass is 10.2. The van der Waals surface area contributed by atoms with E-state index in [1.54, 1.807) is 6.07 Å². The minimum absolute atomic E-state index is 0.203. The highest BCUT2D eigenvalue weighted by Crippen LogP contribution is 2.23. The van der Waals surface area contributed by atoms with Crippen molar-refractivity contribution in [2.24, 2.45) is 0 Å². The quantitative estimate of drug-likeness (QED) is 0.692. The smallest absolute Gasteiger partial charge is 0.339 e. The number of amides is 1. The van der Waals surface area contributed by atoms with Crippen LogP contribution in [0, 0.1) is 0 Å². The van der Waals surface area contributed by atoms with Gasteiger partial charge in [0.1, 0.15) is 11.3 Å². The molecule has 0 atom stereocenters. The number of nitrogens with one attached hydrogen (secondary N) is 1. The summed E-state index contributed by atoms with van der Waals surface area (Å²) in [5.74, 6) is -1.06. The molecule has 23 heavy (non-hydrogen) atoms. The highest BCUT2D eigenvalue weighted by molar-refractivity contribution is 7.99. The van der Waals surface area contributed by atoms with Crippen molar-refractivity contribution in [2.75, 3.05) is 11.1 Å². The lowest BCUT2D eigenvalue weighted by Crippen LogP contribution is -2.14. The fourth-order valence-electron chi connectivity index (χ4n) is 1.85. The Balaban J connectivity index is 1.89. The molecule has 0 radical (unpaired) electrons. The van der Waals surface area contributed by atoms with Crippen LogP contribution in [0.2, 0.25) is 5.02 Å². The van der Waals surface area contributed by atoms with Crippen LogP contribution in [0.5, 0.6) is 5.75 Å². The maximum absolute atomic E-state index is 11.9. The zero-order chi connectivity index (χ0) is 16.8. The Morgan fingerprint density at radius 3 is 2.61 bits per heavy atom. The van der Waals surface area contributed by atoms with Gasteiger partial charge >= 0.3 is 5.97 Å². The largest absolute Gasteiger partial charge is 0.507 e. The van der Waals surface area contributed by atoms with E-state index in [0.717, 1.165) is 5.56 Å². The van der Waals surface area contributed by atoms with Crippen molar-refractivity contribution in [3.8, 4) is 5.75 Å². The average molecular weight is 352 g/mol. The molecule has 0 aliphatic heterocycles. The Labute approximate surface area is 142 Å². The number of phenols is 1. The summed E-state index contributed by atoms with van der Waals surface area (Å²) < 4.78 is 0. The van der Waals surface area contributed by atoms with E-state index >= 15 is 0 Å². The van der Waals surface area contributed by atoms with Gasteiger partial charge in [-0.15, -0.1) is 11.8 Å². The Hall–Kier alpha value is -2.18. The normalized spacial score (nSPS) is 10.3. The van der Waals surface area contributed by atoms with Crippen LogP contribution in [-0.4, -0.2) is 27.8 Å². The van der Waals surface area contributed by atoms with E-state index in [2.05, 4.69) is 5.32 Å². The number of aromatic carboxylic acids is 1. The van der Waals surface area contributed by atoms with Gasteiger partial charge in [-0.2, -0.15) is 0 Å². The van der Waals surface area contributed by atoms with Crippen molar-refractivity contribution in [1.29, 1.82) is 0 Å². The molecule has 7 heteroatoms. The van der Waals surface area contributed by atoms with Crippen LogP contribution in [0.4, 0.5) is 5.69 Å². The minimum Gasteiger partial charge on any atom is -0.507 e. The van der Waals surface area contributed by atoms with E-state index in [0.29, 0.717) is 16.5 Å². The number of aromatic hydroxyl groups is 1. The molecule has 0 heterocycles. The van der Waals surface area contributed by atoms with E-state index in [9.17, 15) is 14.7 Å². The molecule has 2 aromatic rings. The monoisotopic (exact) mass is 351 g/mol. The van der Waals surface area contributed by atoms with Gasteiger partial charge < -0.3 is 15.5 Å². The molecule has 0 bridgehead atoms. The lowest BCUT2D eigenvalue weighted by Gasteiger charge is -2.08. The number of hydrogen-bond donors (Lipinski definition) is 3. The minimum atomic E-state index is -1.26. The predicted octanol–water partition coefficient (Wildman–Crippen LogP) is 3.62. The Morgan fingerprint density at radius 2 is 1.91 bits per heavy atom. The second-order valence-electron chi connectivity index (χ2n) is 4.67. The first-order valence-electron chi connectivity index (χ1n) is 6.64. The van der Waals surface area contributed by atoms with Gasteiger partial charge in [0.15, 0.2) is 0 Å². The molecule has 0 unspecified atom stereocenters. The number of carbonyl (C=O) groups is 2. The number of anilines is 1. The fraction of sp³-hybridized carbons (Fsp3) is 0.125. The summed E-state index contributed by atoms with van der Waals surface area (Å²) >= 11 is 7.44. The van der Waals surface area contributed by atoms with Crippen molar-refractivity contribution in [3.05, 3.63) is 58.6 Å². The lowest BCUT2D eigenvalue weighted by molar-refractivity contribution is -0.113. The van der Waals surface area contributed by atoms with Crippen LogP contribution < -0.4 is 5.32 Å². The number of benzene rings is 2. The maximum Gasteiger partial charge on any atom is 0.339 e. The Kier molecular flexibility index (Phi) is 5.90. The molecule has 0 spiro atoms. The SMILES string of the molecule is O=C(CSCc1ccccc1Cl)Nc1ccc(O)c(C(=O)O)c1. The zero-order valence-electron chi connectivity index (χ0n) is 12.0. The number of carboxylic acid groups (broad SMARTS) is 1. The summed E-state index contributed by atoms with van der Waals surface area (Å²) in [6.07, 6.45) is 0. The van der Waals surface area contributed by atoms with Crippen LogP contribution in [0.3, 0.4) is 0 Å². The summed E-state index contributed by atoms with van der Waals surface area (Å²) in [7, 11) is 0. The first-order valence-corrected chi connectivity index (χ1v) is 8.18. The van der Waals surface area contributed by atoms with Crippen molar-refractivity contribution in [2.45, 2.75) is 5.75 Å². The highest BCUT2D eigenvalue weighted by atomic mass is 35.5. The molecule has 0 aliphatic rings. The summed E-state index contributed by atoms with van der Waals surface area (Å²) in [5.41, 5.74) is 1.01. The third-order valence-electron chi connectivity index (χ3n) is 2.96. The first-order chi connectivity index (χ1) is 11.0. The van der Waals surface area contributed by atoms with E-state index in [1.165, 1.54) is 30.0 Å². The first kappa shape index (κ1) is 17.2. The molecule has 0 fully saturated rings. The molecular weight excluding hydrogens is 338 g/mol.